The van der Waals surface area contributed by atoms with Gasteiger partial charge in [0.1, 0.15) is 0 Å². The summed E-state index contributed by atoms with van der Waals surface area (Å²) < 4.78 is 0. The Morgan fingerprint density at radius 1 is 0.744 bits per heavy atom. The van der Waals surface area contributed by atoms with Crippen molar-refractivity contribution in [1.29, 1.82) is 0 Å². The Balaban J connectivity index is 1.54. The summed E-state index contributed by atoms with van der Waals surface area (Å²) in [5, 5.41) is 6.52. The van der Waals surface area contributed by atoms with Crippen LogP contribution in [0, 0.1) is 0 Å². The molecule has 0 unspecified atom stereocenters. The van der Waals surface area contributed by atoms with Crippen molar-refractivity contribution >= 4 is 34.5 Å². The first-order chi connectivity index (χ1) is 18.9. The molecule has 0 radical (unpaired) electrons. The van der Waals surface area contributed by atoms with E-state index < -0.39 is 0 Å². The summed E-state index contributed by atoms with van der Waals surface area (Å²) in [5.41, 5.74) is 7.10. The Morgan fingerprint density at radius 2 is 1.44 bits per heavy atom. The van der Waals surface area contributed by atoms with Crippen LogP contribution in [0.25, 0.3) is 11.3 Å². The van der Waals surface area contributed by atoms with Crippen molar-refractivity contribution in [3.05, 3.63) is 131 Å². The minimum atomic E-state index is -0.206. The molecule has 0 fully saturated rings. The minimum absolute atomic E-state index is 0.106. The average Bonchev–Trinajstić information content (AvgIpc) is 3.26. The van der Waals surface area contributed by atoms with Gasteiger partial charge in [-0.3, -0.25) is 9.59 Å². The molecule has 4 aromatic carbocycles. The van der Waals surface area contributed by atoms with E-state index in [2.05, 4.69) is 27.7 Å². The molecule has 5 rings (SSSR count). The molecule has 0 aromatic heterocycles. The minimum Gasteiger partial charge on any atom is -0.354 e. The number of carbonyl (C=O) groups excluding carboxylic acids is 2. The molecule has 0 atom stereocenters. The van der Waals surface area contributed by atoms with E-state index in [0.29, 0.717) is 34.6 Å². The molecule has 0 spiro atoms. The van der Waals surface area contributed by atoms with Crippen LogP contribution in [0.4, 0.5) is 11.4 Å². The van der Waals surface area contributed by atoms with E-state index in [1.807, 2.05) is 99.0 Å². The normalized spacial score (nSPS) is 13.6. The fourth-order valence-electron chi connectivity index (χ4n) is 4.84. The lowest BCUT2D eigenvalue weighted by Gasteiger charge is -2.18. The summed E-state index contributed by atoms with van der Waals surface area (Å²) in [4.78, 5) is 30.6. The largest absolute Gasteiger partial charge is 0.354 e. The number of fused-ring (bicyclic) bond motifs is 1. The number of nitrogens with one attached hydrogen (secondary N) is 2. The molecule has 1 heterocycles. The van der Waals surface area contributed by atoms with E-state index in [-0.39, 0.29) is 11.8 Å². The lowest BCUT2D eigenvalue weighted by atomic mass is 9.98. The first kappa shape index (κ1) is 25.9. The van der Waals surface area contributed by atoms with Crippen molar-refractivity contribution in [3.8, 4) is 0 Å². The zero-order valence-electron chi connectivity index (χ0n) is 22.4. The maximum absolute atomic E-state index is 13.4. The van der Waals surface area contributed by atoms with Gasteiger partial charge in [0.15, 0.2) is 0 Å². The second-order valence-electron chi connectivity index (χ2n) is 10.0. The van der Waals surface area contributed by atoms with Gasteiger partial charge in [0.05, 0.1) is 11.3 Å². The van der Waals surface area contributed by atoms with Gasteiger partial charge in [-0.05, 0) is 61.1 Å². The fraction of sp³-hybridized carbons (Fsp3) is 0.152. The quantitative estimate of drug-likeness (QED) is 0.284. The van der Waals surface area contributed by atoms with Crippen LogP contribution in [-0.4, -0.2) is 42.8 Å². The molecule has 4 aromatic rings. The Hall–Kier alpha value is -4.68. The molecule has 6 heteroatoms. The third-order valence-electron chi connectivity index (χ3n) is 6.63. The molecule has 196 valence electrons. The zero-order chi connectivity index (χ0) is 27.4. The van der Waals surface area contributed by atoms with E-state index in [9.17, 15) is 9.59 Å². The summed E-state index contributed by atoms with van der Waals surface area (Å²) in [6, 6.07) is 33.3. The third-order valence-corrected chi connectivity index (χ3v) is 6.63. The molecule has 1 aliphatic heterocycles. The maximum Gasteiger partial charge on any atom is 0.258 e. The van der Waals surface area contributed by atoms with E-state index in [1.54, 1.807) is 18.0 Å². The molecular weight excluding hydrogens is 484 g/mol. The van der Waals surface area contributed by atoms with Crippen molar-refractivity contribution in [2.24, 2.45) is 0 Å². The summed E-state index contributed by atoms with van der Waals surface area (Å²) in [5.74, 6) is -0.311. The topological polar surface area (TPSA) is 64.7 Å². The third kappa shape index (κ3) is 5.92. The Labute approximate surface area is 229 Å². The van der Waals surface area contributed by atoms with E-state index in [1.165, 1.54) is 0 Å². The van der Waals surface area contributed by atoms with Crippen LogP contribution in [0.15, 0.2) is 103 Å². The molecule has 0 saturated carbocycles. The Bertz CT molecular complexity index is 1530. The van der Waals surface area contributed by atoms with Crippen LogP contribution in [-0.2, 0) is 17.9 Å². The fourth-order valence-corrected chi connectivity index (χ4v) is 4.84. The molecular formula is C33H32N4O2. The molecule has 0 aliphatic carbocycles. The van der Waals surface area contributed by atoms with Crippen molar-refractivity contribution in [2.75, 3.05) is 31.8 Å². The zero-order valence-corrected chi connectivity index (χ0v) is 22.4. The number of benzene rings is 4. The number of hydrogen-bond donors (Lipinski definition) is 2. The number of carbonyl (C=O) groups is 2. The van der Waals surface area contributed by atoms with Crippen molar-refractivity contribution in [2.45, 2.75) is 13.1 Å². The van der Waals surface area contributed by atoms with Gasteiger partial charge in [-0.1, -0.05) is 72.8 Å². The van der Waals surface area contributed by atoms with Crippen LogP contribution in [0.1, 0.15) is 32.6 Å². The smallest absolute Gasteiger partial charge is 0.258 e. The molecule has 2 N–H and O–H groups in total. The number of amides is 2. The summed E-state index contributed by atoms with van der Waals surface area (Å²) in [7, 11) is 5.86. The van der Waals surface area contributed by atoms with Gasteiger partial charge in [0.2, 0.25) is 0 Å². The van der Waals surface area contributed by atoms with E-state index in [4.69, 9.17) is 0 Å². The second-order valence-corrected chi connectivity index (χ2v) is 10.0. The Kier molecular flexibility index (Phi) is 7.57. The second kappa shape index (κ2) is 11.4. The number of hydrogen-bond acceptors (Lipinski definition) is 4. The first-order valence-electron chi connectivity index (χ1n) is 12.9. The molecule has 39 heavy (non-hydrogen) atoms. The summed E-state index contributed by atoms with van der Waals surface area (Å²) >= 11 is 0. The van der Waals surface area contributed by atoms with E-state index in [0.717, 1.165) is 28.9 Å². The standard InChI is InChI=1S/C33H32N4O2/c1-36(2)21-24-13-10-16-27(19-24)34-31(25-14-8-5-9-15-25)30-28-20-26(17-18-29(28)35-32(30)38)33(39)37(3)22-23-11-6-4-7-12-23/h4-20,34H,21-22H2,1-3H3,(H,35,38). The predicted octanol–water partition coefficient (Wildman–Crippen LogP) is 5.95. The lowest BCUT2D eigenvalue weighted by Crippen LogP contribution is -2.26. The summed E-state index contributed by atoms with van der Waals surface area (Å²) in [6.07, 6.45) is 0. The molecule has 1 aliphatic rings. The molecule has 0 bridgehead atoms. The van der Waals surface area contributed by atoms with Gasteiger partial charge in [0, 0.05) is 42.6 Å². The van der Waals surface area contributed by atoms with Gasteiger partial charge in [0.25, 0.3) is 11.8 Å². The summed E-state index contributed by atoms with van der Waals surface area (Å²) in [6.45, 7) is 1.30. The monoisotopic (exact) mass is 516 g/mol. The van der Waals surface area contributed by atoms with Crippen molar-refractivity contribution in [1.82, 2.24) is 9.80 Å². The highest BCUT2D eigenvalue weighted by molar-refractivity contribution is 6.37. The average molecular weight is 517 g/mol. The van der Waals surface area contributed by atoms with Gasteiger partial charge >= 0.3 is 0 Å². The Morgan fingerprint density at radius 3 is 2.15 bits per heavy atom. The van der Waals surface area contributed by atoms with Crippen molar-refractivity contribution < 1.29 is 9.59 Å². The highest BCUT2D eigenvalue weighted by atomic mass is 16.2. The molecule has 0 saturated heterocycles. The SMILES string of the molecule is CN(C)Cc1cccc(NC(=C2C(=O)Nc3ccc(C(=O)N(C)Cc4ccccc4)cc32)c2ccccc2)c1. The maximum atomic E-state index is 13.4. The number of rotatable bonds is 8. The van der Waals surface area contributed by atoms with E-state index >= 15 is 0 Å². The highest BCUT2D eigenvalue weighted by Crippen LogP contribution is 2.38. The van der Waals surface area contributed by atoms with Crippen LogP contribution in [0.2, 0.25) is 0 Å². The van der Waals surface area contributed by atoms with Gasteiger partial charge < -0.3 is 20.4 Å². The van der Waals surface area contributed by atoms with Crippen LogP contribution < -0.4 is 10.6 Å². The highest BCUT2D eigenvalue weighted by Gasteiger charge is 2.30. The first-order valence-corrected chi connectivity index (χ1v) is 12.9. The van der Waals surface area contributed by atoms with Crippen LogP contribution in [0.3, 0.4) is 0 Å². The molecule has 2 amide bonds. The molecule has 6 nitrogen and oxygen atoms in total. The number of nitrogens with zero attached hydrogens (tertiary/aromatic N) is 2. The van der Waals surface area contributed by atoms with Gasteiger partial charge in [-0.2, -0.15) is 0 Å². The van der Waals surface area contributed by atoms with Crippen LogP contribution in [0.5, 0.6) is 0 Å². The van der Waals surface area contributed by atoms with Gasteiger partial charge in [-0.25, -0.2) is 0 Å². The van der Waals surface area contributed by atoms with Crippen molar-refractivity contribution in [3.63, 3.8) is 0 Å². The van der Waals surface area contributed by atoms with Crippen LogP contribution >= 0.6 is 0 Å². The lowest BCUT2D eigenvalue weighted by molar-refractivity contribution is -0.110. The van der Waals surface area contributed by atoms with Gasteiger partial charge in [-0.15, -0.1) is 0 Å². The number of anilines is 2. The predicted molar refractivity (Wildman–Crippen MR) is 158 cm³/mol.